The molecule has 1 aliphatic heterocycles. The Kier molecular flexibility index (Phi) is 5.60. The summed E-state index contributed by atoms with van der Waals surface area (Å²) >= 11 is 0. The second-order valence-electron chi connectivity index (χ2n) is 6.01. The van der Waals surface area contributed by atoms with Crippen LogP contribution >= 0.6 is 0 Å². The average Bonchev–Trinajstić information content (AvgIpc) is 2.62. The predicted molar refractivity (Wildman–Crippen MR) is 94.5 cm³/mol. The number of amides is 1. The van der Waals surface area contributed by atoms with Crippen molar-refractivity contribution in [2.24, 2.45) is 0 Å². The van der Waals surface area contributed by atoms with Crippen LogP contribution in [-0.4, -0.2) is 41.6 Å². The first kappa shape index (κ1) is 17.4. The van der Waals surface area contributed by atoms with Gasteiger partial charge in [-0.25, -0.2) is 9.37 Å². The molecule has 1 aromatic heterocycles. The van der Waals surface area contributed by atoms with Gasteiger partial charge in [-0.05, 0) is 50.1 Å². The lowest BCUT2D eigenvalue weighted by atomic mass is 10.1. The number of carbonyl (C=O) groups is 1. The van der Waals surface area contributed by atoms with Crippen LogP contribution in [0.15, 0.2) is 42.6 Å². The maximum absolute atomic E-state index is 13.4. The van der Waals surface area contributed by atoms with E-state index in [1.807, 2.05) is 6.92 Å². The second-order valence-corrected chi connectivity index (χ2v) is 6.01. The number of carbonyl (C=O) groups excluding carboxylic acids is 1. The molecule has 1 saturated heterocycles. The summed E-state index contributed by atoms with van der Waals surface area (Å²) in [5.41, 5.74) is 1.03. The summed E-state index contributed by atoms with van der Waals surface area (Å²) in [5.74, 6) is -0.00238. The number of likely N-dealkylation sites (tertiary alicyclic amines) is 1. The largest absolute Gasteiger partial charge is 0.377 e. The Morgan fingerprint density at radius 2 is 2.28 bits per heavy atom. The molecule has 1 aromatic carbocycles. The third-order valence-electron chi connectivity index (χ3n) is 4.19. The molecule has 0 bridgehead atoms. The van der Waals surface area contributed by atoms with Gasteiger partial charge >= 0.3 is 0 Å². The molecule has 0 aliphatic carbocycles. The number of pyridine rings is 1. The van der Waals surface area contributed by atoms with Crippen molar-refractivity contribution < 1.29 is 13.9 Å². The number of hydrogen-bond acceptors (Lipinski definition) is 4. The van der Waals surface area contributed by atoms with Gasteiger partial charge in [-0.15, -0.1) is 0 Å². The molecule has 1 atom stereocenters. The fraction of sp³-hybridized carbons (Fsp3) is 0.368. The molecule has 6 heteroatoms. The molecule has 0 radical (unpaired) electrons. The molecule has 1 amide bonds. The van der Waals surface area contributed by atoms with Crippen LogP contribution < -0.4 is 5.32 Å². The quantitative estimate of drug-likeness (QED) is 0.901. The van der Waals surface area contributed by atoms with Crippen molar-refractivity contribution in [2.45, 2.75) is 25.9 Å². The molecule has 1 aliphatic rings. The van der Waals surface area contributed by atoms with Crippen LogP contribution in [0.5, 0.6) is 0 Å². The molecule has 0 spiro atoms. The standard InChI is InChI=1S/C19H22FN3O2/c1-2-25-16-8-5-11-23(13-16)19(24)17-9-4-10-21-18(17)22-15-7-3-6-14(20)12-15/h3-4,6-7,9-10,12,16H,2,5,8,11,13H2,1H3,(H,21,22)/t16-/m1/s1. The molecule has 1 fully saturated rings. The normalized spacial score (nSPS) is 17.4. The number of rotatable bonds is 5. The lowest BCUT2D eigenvalue weighted by molar-refractivity contribution is 0.00726. The maximum Gasteiger partial charge on any atom is 0.257 e. The second kappa shape index (κ2) is 8.07. The monoisotopic (exact) mass is 343 g/mol. The molecular weight excluding hydrogens is 321 g/mol. The van der Waals surface area contributed by atoms with Gasteiger partial charge in [-0.1, -0.05) is 6.07 Å². The molecule has 3 rings (SSSR count). The van der Waals surface area contributed by atoms with Gasteiger partial charge in [-0.2, -0.15) is 0 Å². The van der Waals surface area contributed by atoms with Crippen LogP contribution in [0.25, 0.3) is 0 Å². The smallest absolute Gasteiger partial charge is 0.257 e. The third-order valence-corrected chi connectivity index (χ3v) is 4.19. The van der Waals surface area contributed by atoms with Crippen molar-refractivity contribution >= 4 is 17.4 Å². The number of halogens is 1. The van der Waals surface area contributed by atoms with Gasteiger partial charge in [0.05, 0.1) is 11.7 Å². The van der Waals surface area contributed by atoms with Crippen LogP contribution in [0.3, 0.4) is 0 Å². The van der Waals surface area contributed by atoms with Crippen molar-refractivity contribution in [3.8, 4) is 0 Å². The van der Waals surface area contributed by atoms with Crippen molar-refractivity contribution in [1.82, 2.24) is 9.88 Å². The number of nitrogens with one attached hydrogen (secondary N) is 1. The van der Waals surface area contributed by atoms with E-state index in [4.69, 9.17) is 4.74 Å². The fourth-order valence-electron chi connectivity index (χ4n) is 3.05. The summed E-state index contributed by atoms with van der Waals surface area (Å²) in [4.78, 5) is 19.0. The van der Waals surface area contributed by atoms with Gasteiger partial charge in [0.15, 0.2) is 0 Å². The Morgan fingerprint density at radius 3 is 3.08 bits per heavy atom. The fourth-order valence-corrected chi connectivity index (χ4v) is 3.05. The summed E-state index contributed by atoms with van der Waals surface area (Å²) in [6.45, 7) is 3.90. The lowest BCUT2D eigenvalue weighted by Gasteiger charge is -2.32. The Morgan fingerprint density at radius 1 is 1.40 bits per heavy atom. The Balaban J connectivity index is 1.79. The van der Waals surface area contributed by atoms with E-state index in [2.05, 4.69) is 10.3 Å². The molecule has 132 valence electrons. The number of ether oxygens (including phenoxy) is 1. The number of benzene rings is 1. The molecule has 0 saturated carbocycles. The summed E-state index contributed by atoms with van der Waals surface area (Å²) in [6.07, 6.45) is 3.58. The Bertz CT molecular complexity index is 736. The first-order valence-electron chi connectivity index (χ1n) is 8.56. The van der Waals surface area contributed by atoms with E-state index >= 15 is 0 Å². The van der Waals surface area contributed by atoms with E-state index in [0.717, 1.165) is 12.8 Å². The van der Waals surface area contributed by atoms with Gasteiger partial charge in [-0.3, -0.25) is 4.79 Å². The van der Waals surface area contributed by atoms with Crippen LogP contribution in [0.1, 0.15) is 30.1 Å². The van der Waals surface area contributed by atoms with E-state index in [-0.39, 0.29) is 17.8 Å². The number of hydrogen-bond donors (Lipinski definition) is 1. The Labute approximate surface area is 146 Å². The summed E-state index contributed by atoms with van der Waals surface area (Å²) < 4.78 is 19.1. The third kappa shape index (κ3) is 4.33. The highest BCUT2D eigenvalue weighted by atomic mass is 19.1. The highest BCUT2D eigenvalue weighted by molar-refractivity contribution is 5.99. The van der Waals surface area contributed by atoms with Gasteiger partial charge in [0.2, 0.25) is 0 Å². The van der Waals surface area contributed by atoms with Gasteiger partial charge in [0.25, 0.3) is 5.91 Å². The number of nitrogens with zero attached hydrogens (tertiary/aromatic N) is 2. The maximum atomic E-state index is 13.4. The van der Waals surface area contributed by atoms with E-state index in [9.17, 15) is 9.18 Å². The van der Waals surface area contributed by atoms with E-state index in [1.54, 1.807) is 35.4 Å². The van der Waals surface area contributed by atoms with Crippen molar-refractivity contribution in [3.63, 3.8) is 0 Å². The molecule has 2 aromatic rings. The molecule has 25 heavy (non-hydrogen) atoms. The minimum Gasteiger partial charge on any atom is -0.377 e. The minimum absolute atomic E-state index is 0.0824. The van der Waals surface area contributed by atoms with E-state index < -0.39 is 0 Å². The number of anilines is 2. The predicted octanol–water partition coefficient (Wildman–Crippen LogP) is 3.61. The zero-order valence-corrected chi connectivity index (χ0v) is 14.2. The molecule has 2 heterocycles. The topological polar surface area (TPSA) is 54.5 Å². The number of piperidine rings is 1. The zero-order valence-electron chi connectivity index (χ0n) is 14.2. The Hall–Kier alpha value is -2.47. The van der Waals surface area contributed by atoms with Crippen LogP contribution in [0, 0.1) is 5.82 Å². The molecule has 0 unspecified atom stereocenters. The van der Waals surface area contributed by atoms with Crippen molar-refractivity contribution in [1.29, 1.82) is 0 Å². The molecule has 1 N–H and O–H groups in total. The number of aromatic nitrogens is 1. The van der Waals surface area contributed by atoms with Gasteiger partial charge in [0.1, 0.15) is 11.6 Å². The average molecular weight is 343 g/mol. The van der Waals surface area contributed by atoms with Crippen LogP contribution in [0.4, 0.5) is 15.9 Å². The zero-order chi connectivity index (χ0) is 17.6. The SMILES string of the molecule is CCO[C@@H]1CCCN(C(=O)c2cccnc2Nc2cccc(F)c2)C1. The van der Waals surface area contributed by atoms with Crippen molar-refractivity contribution in [3.05, 3.63) is 54.0 Å². The van der Waals surface area contributed by atoms with E-state index in [1.165, 1.54) is 12.1 Å². The molecule has 5 nitrogen and oxygen atoms in total. The van der Waals surface area contributed by atoms with Crippen molar-refractivity contribution in [2.75, 3.05) is 25.0 Å². The first-order valence-corrected chi connectivity index (χ1v) is 8.56. The lowest BCUT2D eigenvalue weighted by Crippen LogP contribution is -2.43. The van der Waals surface area contributed by atoms with Gasteiger partial charge < -0.3 is 15.0 Å². The van der Waals surface area contributed by atoms with Crippen LogP contribution in [0.2, 0.25) is 0 Å². The summed E-state index contributed by atoms with van der Waals surface area (Å²) in [5, 5.41) is 3.04. The minimum atomic E-state index is -0.343. The van der Waals surface area contributed by atoms with Gasteiger partial charge in [0, 0.05) is 31.6 Å². The van der Waals surface area contributed by atoms with Crippen LogP contribution in [-0.2, 0) is 4.74 Å². The highest BCUT2D eigenvalue weighted by Crippen LogP contribution is 2.22. The molecular formula is C19H22FN3O2. The highest BCUT2D eigenvalue weighted by Gasteiger charge is 2.26. The first-order chi connectivity index (χ1) is 12.2. The van der Waals surface area contributed by atoms with E-state index in [0.29, 0.717) is 36.8 Å². The summed E-state index contributed by atoms with van der Waals surface area (Å²) in [6, 6.07) is 9.55. The summed E-state index contributed by atoms with van der Waals surface area (Å²) in [7, 11) is 0.